The molecule has 0 spiro atoms. The first-order chi connectivity index (χ1) is 10.9. The number of furan rings is 3. The summed E-state index contributed by atoms with van der Waals surface area (Å²) in [7, 11) is 0. The van der Waals surface area contributed by atoms with Crippen LogP contribution in [-0.4, -0.2) is 18.3 Å². The van der Waals surface area contributed by atoms with Crippen molar-refractivity contribution in [1.82, 2.24) is 4.98 Å². The summed E-state index contributed by atoms with van der Waals surface area (Å²) in [6, 6.07) is 17.5. The second kappa shape index (κ2) is 5.38. The van der Waals surface area contributed by atoms with Crippen molar-refractivity contribution in [2.45, 2.75) is 0 Å². The van der Waals surface area contributed by atoms with Crippen molar-refractivity contribution in [3.63, 3.8) is 0 Å². The van der Waals surface area contributed by atoms with E-state index in [-0.39, 0.29) is 0 Å². The van der Waals surface area contributed by atoms with Gasteiger partial charge in [-0.1, -0.05) is 0 Å². The Hall–Kier alpha value is -2.47. The Morgan fingerprint density at radius 1 is 0.636 bits per heavy atom. The van der Waals surface area contributed by atoms with Crippen LogP contribution in [0.1, 0.15) is 0 Å². The number of hydrogen-bond donors (Lipinski definition) is 0. The van der Waals surface area contributed by atoms with Crippen molar-refractivity contribution >= 4 is 31.6 Å². The molecule has 0 aromatic carbocycles. The van der Waals surface area contributed by atoms with Gasteiger partial charge in [-0.2, -0.15) is 0 Å². The summed E-state index contributed by atoms with van der Waals surface area (Å²) >= 11 is -3.42. The van der Waals surface area contributed by atoms with Crippen LogP contribution in [0.2, 0.25) is 0 Å². The molecule has 0 aliphatic rings. The van der Waals surface area contributed by atoms with Gasteiger partial charge in [-0.25, -0.2) is 0 Å². The zero-order valence-electron chi connectivity index (χ0n) is 11.7. The van der Waals surface area contributed by atoms with Crippen molar-refractivity contribution in [2.24, 2.45) is 0 Å². The third-order valence-electron chi connectivity index (χ3n) is 3.72. The van der Waals surface area contributed by atoms with Gasteiger partial charge in [-0.3, -0.25) is 0 Å². The third kappa shape index (κ3) is 1.88. The third-order valence-corrected chi connectivity index (χ3v) is 12.4. The number of nitrogens with zero attached hydrogens (tertiary/aromatic N) is 1. The van der Waals surface area contributed by atoms with Crippen LogP contribution in [0.3, 0.4) is 0 Å². The molecule has 0 unspecified atom stereocenters. The molecule has 4 rings (SSSR count). The molecular formula is C17H13GeNO3. The van der Waals surface area contributed by atoms with Gasteiger partial charge in [0.15, 0.2) is 0 Å². The molecule has 0 bridgehead atoms. The van der Waals surface area contributed by atoms with Gasteiger partial charge in [-0.05, 0) is 0 Å². The summed E-state index contributed by atoms with van der Waals surface area (Å²) in [4.78, 5) is 4.62. The van der Waals surface area contributed by atoms with E-state index in [0.29, 0.717) is 0 Å². The quantitative estimate of drug-likeness (QED) is 0.519. The molecule has 0 saturated heterocycles. The first-order valence-electron chi connectivity index (χ1n) is 6.96. The summed E-state index contributed by atoms with van der Waals surface area (Å²) in [5.74, 6) is 0. The van der Waals surface area contributed by atoms with Crippen molar-refractivity contribution in [3.05, 3.63) is 79.6 Å². The number of pyridine rings is 1. The van der Waals surface area contributed by atoms with E-state index in [1.54, 1.807) is 25.0 Å². The average Bonchev–Trinajstić information content (AvgIpc) is 3.34. The van der Waals surface area contributed by atoms with E-state index in [9.17, 15) is 0 Å². The Bertz CT molecular complexity index is 737. The summed E-state index contributed by atoms with van der Waals surface area (Å²) in [5.41, 5.74) is 0. The standard InChI is InChI=1S/C17H13GeNO3/c1-2-10-19-14(6-1)18(15-7-3-11-20-15,16-8-4-12-21-16)17-9-5-13-22-17/h1-13H. The Balaban J connectivity index is 2.10. The van der Waals surface area contributed by atoms with E-state index < -0.39 is 13.3 Å². The van der Waals surface area contributed by atoms with Crippen LogP contribution in [0, 0.1) is 0 Å². The van der Waals surface area contributed by atoms with Crippen LogP contribution in [0.25, 0.3) is 0 Å². The molecule has 0 N–H and O–H groups in total. The molecule has 4 heterocycles. The summed E-state index contributed by atoms with van der Waals surface area (Å²) in [6.45, 7) is 0. The second-order valence-electron chi connectivity index (χ2n) is 4.90. The van der Waals surface area contributed by atoms with Crippen LogP contribution < -0.4 is 18.3 Å². The second-order valence-corrected chi connectivity index (χ2v) is 12.2. The van der Waals surface area contributed by atoms with E-state index in [2.05, 4.69) is 4.98 Å². The van der Waals surface area contributed by atoms with Crippen molar-refractivity contribution in [1.29, 1.82) is 0 Å². The first-order valence-corrected chi connectivity index (χ1v) is 11.2. The number of rotatable bonds is 4. The van der Waals surface area contributed by atoms with Gasteiger partial charge >= 0.3 is 129 Å². The number of hydrogen-bond acceptors (Lipinski definition) is 4. The van der Waals surface area contributed by atoms with Gasteiger partial charge in [0.1, 0.15) is 0 Å². The predicted molar refractivity (Wildman–Crippen MR) is 84.7 cm³/mol. The molecule has 0 aliphatic carbocycles. The average molecular weight is 352 g/mol. The van der Waals surface area contributed by atoms with Crippen LogP contribution in [0.15, 0.2) is 92.8 Å². The minimum atomic E-state index is -3.42. The van der Waals surface area contributed by atoms with E-state index >= 15 is 0 Å². The van der Waals surface area contributed by atoms with Crippen LogP contribution in [0.5, 0.6) is 0 Å². The van der Waals surface area contributed by atoms with Gasteiger partial charge in [0, 0.05) is 0 Å². The first kappa shape index (κ1) is 13.2. The molecule has 0 radical (unpaired) electrons. The summed E-state index contributed by atoms with van der Waals surface area (Å²) in [6.07, 6.45) is 6.85. The molecule has 108 valence electrons. The van der Waals surface area contributed by atoms with Crippen molar-refractivity contribution in [2.75, 3.05) is 0 Å². The van der Waals surface area contributed by atoms with Crippen LogP contribution >= 0.6 is 0 Å². The van der Waals surface area contributed by atoms with Gasteiger partial charge in [0.2, 0.25) is 0 Å². The number of aromatic nitrogens is 1. The topological polar surface area (TPSA) is 52.3 Å². The van der Waals surface area contributed by atoms with E-state index in [4.69, 9.17) is 13.3 Å². The SMILES string of the molecule is c1cc[c]([Ge]([c]2ccco2)([c]2ccco2)[c]2ccco2)nc1. The van der Waals surface area contributed by atoms with Crippen molar-refractivity contribution in [3.8, 4) is 0 Å². The van der Waals surface area contributed by atoms with Gasteiger partial charge < -0.3 is 0 Å². The van der Waals surface area contributed by atoms with Gasteiger partial charge in [0.05, 0.1) is 0 Å². The normalized spacial score (nSPS) is 11.6. The monoisotopic (exact) mass is 353 g/mol. The van der Waals surface area contributed by atoms with E-state index in [1.165, 1.54) is 0 Å². The predicted octanol–water partition coefficient (Wildman–Crippen LogP) is 1.24. The van der Waals surface area contributed by atoms with Crippen LogP contribution in [0.4, 0.5) is 0 Å². The molecule has 0 atom stereocenters. The Labute approximate surface area is 129 Å². The zero-order valence-corrected chi connectivity index (χ0v) is 13.8. The molecule has 0 saturated carbocycles. The Morgan fingerprint density at radius 2 is 1.18 bits per heavy atom. The summed E-state index contributed by atoms with van der Waals surface area (Å²) < 4.78 is 21.1. The Kier molecular flexibility index (Phi) is 3.23. The summed E-state index contributed by atoms with van der Waals surface area (Å²) in [5, 5.41) is 0. The molecule has 5 heteroatoms. The minimum absolute atomic E-state index is 0.878. The molecule has 4 aromatic heterocycles. The van der Waals surface area contributed by atoms with Gasteiger partial charge in [-0.15, -0.1) is 0 Å². The van der Waals surface area contributed by atoms with Gasteiger partial charge in [0.25, 0.3) is 0 Å². The molecule has 0 fully saturated rings. The molecule has 4 nitrogen and oxygen atoms in total. The molecule has 0 aliphatic heterocycles. The zero-order chi connectivity index (χ0) is 14.8. The van der Waals surface area contributed by atoms with E-state index in [0.717, 1.165) is 18.3 Å². The Morgan fingerprint density at radius 3 is 1.55 bits per heavy atom. The molecular weight excluding hydrogens is 339 g/mol. The molecule has 22 heavy (non-hydrogen) atoms. The maximum atomic E-state index is 5.82. The van der Waals surface area contributed by atoms with E-state index in [1.807, 2.05) is 54.6 Å². The van der Waals surface area contributed by atoms with Crippen molar-refractivity contribution < 1.29 is 13.3 Å². The fourth-order valence-corrected chi connectivity index (χ4v) is 10.9. The molecule has 4 aromatic rings. The molecule has 0 amide bonds. The van der Waals surface area contributed by atoms with Crippen LogP contribution in [-0.2, 0) is 0 Å². The maximum absolute atomic E-state index is 5.82. The fourth-order valence-electron chi connectivity index (χ4n) is 2.80. The fraction of sp³-hybridized carbons (Fsp3) is 0.